The average molecular weight is 292 g/mol. The molecule has 0 unspecified atom stereocenters. The van der Waals surface area contributed by atoms with Crippen LogP contribution in [0.1, 0.15) is 53.9 Å². The van der Waals surface area contributed by atoms with Crippen LogP contribution in [0.15, 0.2) is 23.3 Å². The van der Waals surface area contributed by atoms with E-state index < -0.39 is 5.97 Å². The van der Waals surface area contributed by atoms with Gasteiger partial charge in [0.05, 0.1) is 0 Å². The van der Waals surface area contributed by atoms with Crippen LogP contribution in [0.2, 0.25) is 0 Å². The number of ketones is 2. The summed E-state index contributed by atoms with van der Waals surface area (Å²) in [5.41, 5.74) is 1.93. The topological polar surface area (TPSA) is 60.4 Å². The highest BCUT2D eigenvalue weighted by Gasteiger charge is 2.33. The number of Topliss-reactive ketones (excluding diaryl/α,β-unsaturated/α-hetero) is 1. The lowest BCUT2D eigenvalue weighted by molar-refractivity contribution is -0.149. The highest BCUT2D eigenvalue weighted by Crippen LogP contribution is 2.41. The number of hydrogen-bond acceptors (Lipinski definition) is 4. The first kappa shape index (κ1) is 17.3. The Labute approximate surface area is 126 Å². The molecule has 0 fully saturated rings. The van der Waals surface area contributed by atoms with Crippen LogP contribution in [0.5, 0.6) is 0 Å². The Bertz CT molecular complexity index is 509. The Hall–Kier alpha value is -1.71. The molecule has 0 N–H and O–H groups in total. The van der Waals surface area contributed by atoms with Crippen molar-refractivity contribution in [3.8, 4) is 0 Å². The second-order valence-electron chi connectivity index (χ2n) is 6.32. The van der Waals surface area contributed by atoms with Gasteiger partial charge in [-0.3, -0.25) is 14.4 Å². The minimum absolute atomic E-state index is 0.0122. The Kier molecular flexibility index (Phi) is 5.64. The Balaban J connectivity index is 2.98. The fraction of sp³-hybridized carbons (Fsp3) is 0.588. The van der Waals surface area contributed by atoms with Gasteiger partial charge in [-0.1, -0.05) is 19.9 Å². The number of carbonyl (C=O) groups excluding carboxylic acids is 3. The van der Waals surface area contributed by atoms with Gasteiger partial charge in [-0.25, -0.2) is 0 Å². The first-order valence-electron chi connectivity index (χ1n) is 7.22. The number of allylic oxidation sites excluding steroid dienone is 3. The Morgan fingerprint density at radius 1 is 1.29 bits per heavy atom. The molecule has 1 rings (SSSR count). The van der Waals surface area contributed by atoms with Gasteiger partial charge in [0.25, 0.3) is 0 Å². The fourth-order valence-corrected chi connectivity index (χ4v) is 2.66. The third-order valence-corrected chi connectivity index (χ3v) is 3.82. The van der Waals surface area contributed by atoms with Gasteiger partial charge in [0, 0.05) is 0 Å². The average Bonchev–Trinajstić information content (AvgIpc) is 2.31. The molecular weight excluding hydrogens is 268 g/mol. The molecule has 1 aliphatic carbocycles. The summed E-state index contributed by atoms with van der Waals surface area (Å²) in [6.07, 6.45) is 4.46. The van der Waals surface area contributed by atoms with Gasteiger partial charge in [-0.05, 0) is 56.3 Å². The summed E-state index contributed by atoms with van der Waals surface area (Å²) in [7, 11) is 0. The second-order valence-corrected chi connectivity index (χ2v) is 6.32. The molecule has 4 nitrogen and oxygen atoms in total. The van der Waals surface area contributed by atoms with Crippen LogP contribution in [0.4, 0.5) is 0 Å². The summed E-state index contributed by atoms with van der Waals surface area (Å²) in [5, 5.41) is 0. The summed E-state index contributed by atoms with van der Waals surface area (Å²) in [6.45, 7) is 9.03. The van der Waals surface area contributed by atoms with Crippen molar-refractivity contribution in [1.29, 1.82) is 0 Å². The first-order chi connectivity index (χ1) is 9.63. The maximum Gasteiger partial charge on any atom is 0.313 e. The SMILES string of the molecule is CC(=O)/C=C/C1=C(C)[C@@H](OC(=O)CC(C)=O)CCC1(C)C. The number of ether oxygens (including phenoxy) is 1. The number of hydrogen-bond donors (Lipinski definition) is 0. The minimum atomic E-state index is -0.485. The van der Waals surface area contributed by atoms with Gasteiger partial charge in [0.2, 0.25) is 0 Å². The lowest BCUT2D eigenvalue weighted by Crippen LogP contribution is -2.31. The smallest absolute Gasteiger partial charge is 0.313 e. The van der Waals surface area contributed by atoms with Crippen LogP contribution in [0.25, 0.3) is 0 Å². The minimum Gasteiger partial charge on any atom is -0.457 e. The molecule has 0 aromatic heterocycles. The van der Waals surface area contributed by atoms with E-state index in [-0.39, 0.29) is 29.5 Å². The van der Waals surface area contributed by atoms with Crippen molar-refractivity contribution in [2.75, 3.05) is 0 Å². The van der Waals surface area contributed by atoms with Gasteiger partial charge >= 0.3 is 5.97 Å². The van der Waals surface area contributed by atoms with E-state index in [1.165, 1.54) is 13.8 Å². The van der Waals surface area contributed by atoms with Crippen LogP contribution < -0.4 is 0 Å². The summed E-state index contributed by atoms with van der Waals surface area (Å²) in [4.78, 5) is 33.8. The van der Waals surface area contributed by atoms with E-state index >= 15 is 0 Å². The quantitative estimate of drug-likeness (QED) is 0.443. The summed E-state index contributed by atoms with van der Waals surface area (Å²) < 4.78 is 5.41. The van der Waals surface area contributed by atoms with E-state index in [0.717, 1.165) is 24.0 Å². The maximum absolute atomic E-state index is 11.7. The van der Waals surface area contributed by atoms with Crippen LogP contribution in [0, 0.1) is 5.41 Å². The molecule has 0 saturated carbocycles. The van der Waals surface area contributed by atoms with Gasteiger partial charge < -0.3 is 4.74 Å². The monoisotopic (exact) mass is 292 g/mol. The largest absolute Gasteiger partial charge is 0.457 e. The molecular formula is C17H24O4. The van der Waals surface area contributed by atoms with Crippen LogP contribution >= 0.6 is 0 Å². The van der Waals surface area contributed by atoms with Crippen molar-refractivity contribution in [1.82, 2.24) is 0 Å². The molecule has 0 aliphatic heterocycles. The number of esters is 1. The van der Waals surface area contributed by atoms with Gasteiger partial charge in [-0.2, -0.15) is 0 Å². The molecule has 21 heavy (non-hydrogen) atoms. The van der Waals surface area contributed by atoms with Crippen molar-refractivity contribution < 1.29 is 19.1 Å². The fourth-order valence-electron chi connectivity index (χ4n) is 2.66. The molecule has 1 aliphatic rings. The predicted molar refractivity (Wildman–Crippen MR) is 80.7 cm³/mol. The molecule has 4 heteroatoms. The molecule has 116 valence electrons. The standard InChI is InChI=1S/C17H24O4/c1-11(18)6-7-14-13(3)15(8-9-17(14,4)5)21-16(20)10-12(2)19/h6-7,15H,8-10H2,1-5H3/b7-6+/t15-/m0/s1. The lowest BCUT2D eigenvalue weighted by atomic mass is 9.71. The lowest BCUT2D eigenvalue weighted by Gasteiger charge is -2.37. The Morgan fingerprint density at radius 2 is 1.90 bits per heavy atom. The molecule has 1 atom stereocenters. The Morgan fingerprint density at radius 3 is 2.43 bits per heavy atom. The van der Waals surface area contributed by atoms with Crippen molar-refractivity contribution in [3.05, 3.63) is 23.3 Å². The van der Waals surface area contributed by atoms with Crippen LogP contribution in [-0.4, -0.2) is 23.6 Å². The van der Waals surface area contributed by atoms with Crippen molar-refractivity contribution >= 4 is 17.5 Å². The second kappa shape index (κ2) is 6.83. The summed E-state index contributed by atoms with van der Waals surface area (Å²) in [6, 6.07) is 0. The molecule has 0 spiro atoms. The molecule has 0 heterocycles. The highest BCUT2D eigenvalue weighted by atomic mass is 16.5. The zero-order chi connectivity index (χ0) is 16.2. The zero-order valence-electron chi connectivity index (χ0n) is 13.5. The first-order valence-corrected chi connectivity index (χ1v) is 7.22. The molecule has 0 aromatic carbocycles. The molecule has 0 radical (unpaired) electrons. The molecule has 0 amide bonds. The summed E-state index contributed by atoms with van der Waals surface area (Å²) in [5.74, 6) is -0.697. The van der Waals surface area contributed by atoms with Crippen LogP contribution in [-0.2, 0) is 19.1 Å². The highest BCUT2D eigenvalue weighted by molar-refractivity contribution is 5.94. The van der Waals surface area contributed by atoms with E-state index in [9.17, 15) is 14.4 Å². The summed E-state index contributed by atoms with van der Waals surface area (Å²) >= 11 is 0. The van der Waals surface area contributed by atoms with Crippen molar-refractivity contribution in [2.45, 2.75) is 60.0 Å². The third kappa shape index (κ3) is 4.96. The van der Waals surface area contributed by atoms with Crippen molar-refractivity contribution in [2.24, 2.45) is 5.41 Å². The predicted octanol–water partition coefficient (Wildman–Crippen LogP) is 3.16. The van der Waals surface area contributed by atoms with Gasteiger partial charge in [-0.15, -0.1) is 0 Å². The third-order valence-electron chi connectivity index (χ3n) is 3.82. The maximum atomic E-state index is 11.7. The van der Waals surface area contributed by atoms with E-state index in [1.807, 2.05) is 13.0 Å². The number of carbonyl (C=O) groups is 3. The van der Waals surface area contributed by atoms with Crippen molar-refractivity contribution in [3.63, 3.8) is 0 Å². The molecule has 0 aromatic rings. The van der Waals surface area contributed by atoms with E-state index in [2.05, 4.69) is 13.8 Å². The zero-order valence-corrected chi connectivity index (χ0v) is 13.5. The van der Waals surface area contributed by atoms with Gasteiger partial charge in [0.15, 0.2) is 5.78 Å². The number of rotatable bonds is 5. The molecule has 0 bridgehead atoms. The van der Waals surface area contributed by atoms with E-state index in [4.69, 9.17) is 4.74 Å². The van der Waals surface area contributed by atoms with E-state index in [1.54, 1.807) is 6.08 Å². The van der Waals surface area contributed by atoms with Crippen LogP contribution in [0.3, 0.4) is 0 Å². The van der Waals surface area contributed by atoms with Gasteiger partial charge in [0.1, 0.15) is 18.3 Å². The van der Waals surface area contributed by atoms with E-state index in [0.29, 0.717) is 0 Å². The normalized spacial score (nSPS) is 21.5. The molecule has 0 saturated heterocycles.